The van der Waals surface area contributed by atoms with Crippen molar-refractivity contribution in [1.82, 2.24) is 5.32 Å². The van der Waals surface area contributed by atoms with Gasteiger partial charge < -0.3 is 15.3 Å². The van der Waals surface area contributed by atoms with Crippen LogP contribution in [0.25, 0.3) is 0 Å². The van der Waals surface area contributed by atoms with Crippen molar-refractivity contribution in [3.8, 4) is 5.75 Å². The van der Waals surface area contributed by atoms with Crippen LogP contribution in [-0.2, 0) is 4.79 Å². The van der Waals surface area contributed by atoms with Gasteiger partial charge in [-0.3, -0.25) is 4.79 Å². The van der Waals surface area contributed by atoms with Crippen molar-refractivity contribution >= 4 is 11.6 Å². The lowest BCUT2D eigenvalue weighted by Crippen LogP contribution is -2.36. The maximum Gasteiger partial charge on any atom is 0.260 e. The van der Waals surface area contributed by atoms with Gasteiger partial charge in [0.15, 0.2) is 6.10 Å². The Morgan fingerprint density at radius 1 is 1.55 bits per heavy atom. The SMILES string of the molecule is CCCNC(=O)C(C)Oc1cc(F)ccc1C(C)=NO. The van der Waals surface area contributed by atoms with E-state index < -0.39 is 11.9 Å². The van der Waals surface area contributed by atoms with Crippen LogP contribution in [0.15, 0.2) is 23.4 Å². The minimum atomic E-state index is -0.770. The molecule has 20 heavy (non-hydrogen) atoms. The fourth-order valence-electron chi connectivity index (χ4n) is 1.58. The van der Waals surface area contributed by atoms with Crippen molar-refractivity contribution in [2.75, 3.05) is 6.54 Å². The minimum Gasteiger partial charge on any atom is -0.480 e. The van der Waals surface area contributed by atoms with E-state index in [4.69, 9.17) is 9.94 Å². The first kappa shape index (κ1) is 15.9. The van der Waals surface area contributed by atoms with Crippen LogP contribution in [0.2, 0.25) is 0 Å². The zero-order valence-corrected chi connectivity index (χ0v) is 11.8. The zero-order chi connectivity index (χ0) is 15.1. The summed E-state index contributed by atoms with van der Waals surface area (Å²) in [5.41, 5.74) is 0.713. The summed E-state index contributed by atoms with van der Waals surface area (Å²) in [6, 6.07) is 3.84. The van der Waals surface area contributed by atoms with Crippen molar-refractivity contribution < 1.29 is 19.1 Å². The normalized spacial score (nSPS) is 12.9. The van der Waals surface area contributed by atoms with E-state index in [2.05, 4.69) is 10.5 Å². The summed E-state index contributed by atoms with van der Waals surface area (Å²) in [6.45, 7) is 5.63. The summed E-state index contributed by atoms with van der Waals surface area (Å²) in [4.78, 5) is 11.7. The van der Waals surface area contributed by atoms with Gasteiger partial charge in [0.25, 0.3) is 5.91 Å². The van der Waals surface area contributed by atoms with Gasteiger partial charge in [-0.2, -0.15) is 0 Å². The molecule has 1 aromatic carbocycles. The third-order valence-corrected chi connectivity index (χ3v) is 2.71. The molecule has 6 heteroatoms. The highest BCUT2D eigenvalue weighted by Crippen LogP contribution is 2.22. The van der Waals surface area contributed by atoms with Crippen LogP contribution < -0.4 is 10.1 Å². The molecule has 0 aliphatic rings. The van der Waals surface area contributed by atoms with Gasteiger partial charge in [-0.25, -0.2) is 4.39 Å². The van der Waals surface area contributed by atoms with Gasteiger partial charge in [-0.15, -0.1) is 0 Å². The van der Waals surface area contributed by atoms with Crippen LogP contribution in [0.1, 0.15) is 32.8 Å². The van der Waals surface area contributed by atoms with Crippen LogP contribution in [0.5, 0.6) is 5.75 Å². The third kappa shape index (κ3) is 4.22. The molecule has 110 valence electrons. The molecule has 1 amide bonds. The highest BCUT2D eigenvalue weighted by molar-refractivity contribution is 6.00. The second-order valence-electron chi connectivity index (χ2n) is 4.38. The van der Waals surface area contributed by atoms with Crippen molar-refractivity contribution in [2.45, 2.75) is 33.3 Å². The average molecular weight is 282 g/mol. The van der Waals surface area contributed by atoms with E-state index in [-0.39, 0.29) is 17.4 Å². The molecule has 0 saturated heterocycles. The summed E-state index contributed by atoms with van der Waals surface area (Å²) in [7, 11) is 0. The van der Waals surface area contributed by atoms with Crippen molar-refractivity contribution in [3.63, 3.8) is 0 Å². The Morgan fingerprint density at radius 3 is 2.85 bits per heavy atom. The predicted octanol–water partition coefficient (Wildman–Crippen LogP) is 2.32. The van der Waals surface area contributed by atoms with Gasteiger partial charge in [-0.05, 0) is 32.4 Å². The van der Waals surface area contributed by atoms with Crippen molar-refractivity contribution in [3.05, 3.63) is 29.6 Å². The first-order chi connectivity index (χ1) is 9.49. The van der Waals surface area contributed by atoms with Gasteiger partial charge in [0.2, 0.25) is 0 Å². The topological polar surface area (TPSA) is 70.9 Å². The number of rotatable bonds is 6. The molecule has 1 unspecified atom stereocenters. The Kier molecular flexibility index (Phi) is 5.96. The molecule has 1 atom stereocenters. The van der Waals surface area contributed by atoms with E-state index in [0.717, 1.165) is 12.5 Å². The molecule has 0 fully saturated rings. The molecule has 0 aliphatic heterocycles. The van der Waals surface area contributed by atoms with Crippen LogP contribution in [-0.4, -0.2) is 29.5 Å². The number of benzene rings is 1. The molecular weight excluding hydrogens is 263 g/mol. The van der Waals surface area contributed by atoms with Crippen molar-refractivity contribution in [2.24, 2.45) is 5.16 Å². The Bertz CT molecular complexity index is 503. The molecule has 0 bridgehead atoms. The molecule has 2 N–H and O–H groups in total. The number of amides is 1. The lowest BCUT2D eigenvalue weighted by molar-refractivity contribution is -0.127. The molecule has 0 aliphatic carbocycles. The second-order valence-corrected chi connectivity index (χ2v) is 4.38. The van der Waals surface area contributed by atoms with Crippen LogP contribution >= 0.6 is 0 Å². The fourth-order valence-corrected chi connectivity index (χ4v) is 1.58. The number of nitrogens with one attached hydrogen (secondary N) is 1. The number of hydrogen-bond donors (Lipinski definition) is 2. The summed E-state index contributed by atoms with van der Waals surface area (Å²) < 4.78 is 18.7. The monoisotopic (exact) mass is 282 g/mol. The standard InChI is InChI=1S/C14H19FN2O3/c1-4-7-16-14(18)10(3)20-13-8-11(15)5-6-12(13)9(2)17-19/h5-6,8,10,19H,4,7H2,1-3H3,(H,16,18). The number of oxime groups is 1. The smallest absolute Gasteiger partial charge is 0.260 e. The van der Waals surface area contributed by atoms with Crippen LogP contribution in [0, 0.1) is 5.82 Å². The number of nitrogens with zero attached hydrogens (tertiary/aromatic N) is 1. The second kappa shape index (κ2) is 7.47. The number of ether oxygens (including phenoxy) is 1. The van der Waals surface area contributed by atoms with Gasteiger partial charge in [-0.1, -0.05) is 12.1 Å². The Balaban J connectivity index is 2.90. The average Bonchev–Trinajstić information content (AvgIpc) is 2.44. The first-order valence-electron chi connectivity index (χ1n) is 6.42. The van der Waals surface area contributed by atoms with Crippen LogP contribution in [0.4, 0.5) is 4.39 Å². The predicted molar refractivity (Wildman–Crippen MR) is 73.8 cm³/mol. The van der Waals surface area contributed by atoms with E-state index in [1.807, 2.05) is 6.92 Å². The Morgan fingerprint density at radius 2 is 2.25 bits per heavy atom. The lowest BCUT2D eigenvalue weighted by Gasteiger charge is -2.17. The van der Waals surface area contributed by atoms with E-state index in [1.165, 1.54) is 12.1 Å². The maximum absolute atomic E-state index is 13.3. The quantitative estimate of drug-likeness (QED) is 0.478. The number of carbonyl (C=O) groups excluding carboxylic acids is 1. The maximum atomic E-state index is 13.3. The third-order valence-electron chi connectivity index (χ3n) is 2.71. The number of halogens is 1. The van der Waals surface area contributed by atoms with Gasteiger partial charge >= 0.3 is 0 Å². The summed E-state index contributed by atoms with van der Waals surface area (Å²) in [5.74, 6) is -0.601. The zero-order valence-electron chi connectivity index (χ0n) is 11.8. The molecule has 1 aromatic rings. The van der Waals surface area contributed by atoms with E-state index in [1.54, 1.807) is 13.8 Å². The van der Waals surface area contributed by atoms with E-state index in [0.29, 0.717) is 12.1 Å². The van der Waals surface area contributed by atoms with Crippen LogP contribution in [0.3, 0.4) is 0 Å². The Labute approximate surface area is 117 Å². The Hall–Kier alpha value is -2.11. The highest BCUT2D eigenvalue weighted by Gasteiger charge is 2.17. The van der Waals surface area contributed by atoms with Gasteiger partial charge in [0.05, 0.1) is 5.71 Å². The molecule has 0 radical (unpaired) electrons. The minimum absolute atomic E-state index is 0.166. The van der Waals surface area contributed by atoms with E-state index in [9.17, 15) is 9.18 Å². The summed E-state index contributed by atoms with van der Waals surface area (Å²) in [5, 5.41) is 14.6. The molecule has 1 rings (SSSR count). The van der Waals surface area contributed by atoms with Gasteiger partial charge in [0, 0.05) is 18.2 Å². The van der Waals surface area contributed by atoms with Crippen molar-refractivity contribution in [1.29, 1.82) is 0 Å². The molecular formula is C14H19FN2O3. The molecule has 0 aromatic heterocycles. The molecule has 0 spiro atoms. The molecule has 0 heterocycles. The summed E-state index contributed by atoms with van der Waals surface area (Å²) in [6.07, 6.45) is 0.0496. The summed E-state index contributed by atoms with van der Waals surface area (Å²) >= 11 is 0. The molecule has 0 saturated carbocycles. The largest absolute Gasteiger partial charge is 0.480 e. The number of carbonyl (C=O) groups is 1. The number of hydrogen-bond acceptors (Lipinski definition) is 4. The lowest BCUT2D eigenvalue weighted by atomic mass is 10.1. The van der Waals surface area contributed by atoms with E-state index >= 15 is 0 Å². The fraction of sp³-hybridized carbons (Fsp3) is 0.429. The first-order valence-corrected chi connectivity index (χ1v) is 6.42. The van der Waals surface area contributed by atoms with Gasteiger partial charge in [0.1, 0.15) is 11.6 Å². The highest BCUT2D eigenvalue weighted by atomic mass is 19.1. The molecule has 5 nitrogen and oxygen atoms in total.